The van der Waals surface area contributed by atoms with Gasteiger partial charge >= 0.3 is 6.18 Å². The number of aromatic nitrogens is 3. The lowest BCUT2D eigenvalue weighted by molar-refractivity contribution is -0.174. The van der Waals surface area contributed by atoms with E-state index in [-0.39, 0.29) is 24.3 Å². The molecular weight excluding hydrogens is 411 g/mol. The number of halogens is 3. The summed E-state index contributed by atoms with van der Waals surface area (Å²) >= 11 is 0. The maximum atomic E-state index is 13.6. The average Bonchev–Trinajstić information content (AvgIpc) is 3.22. The fourth-order valence-corrected chi connectivity index (χ4v) is 4.64. The molecule has 31 heavy (non-hydrogen) atoms. The lowest BCUT2D eigenvalue weighted by Crippen LogP contribution is -2.47. The predicted molar refractivity (Wildman–Crippen MR) is 109 cm³/mol. The molecule has 0 bridgehead atoms. The first kappa shape index (κ1) is 21.7. The fourth-order valence-electron chi connectivity index (χ4n) is 4.64. The summed E-state index contributed by atoms with van der Waals surface area (Å²) in [5.41, 5.74) is 1.09. The van der Waals surface area contributed by atoms with Gasteiger partial charge in [0.05, 0.1) is 13.7 Å². The molecule has 10 heteroatoms. The van der Waals surface area contributed by atoms with Crippen molar-refractivity contribution >= 4 is 5.95 Å². The van der Waals surface area contributed by atoms with Crippen molar-refractivity contribution in [3.05, 3.63) is 30.1 Å². The third-order valence-corrected chi connectivity index (χ3v) is 6.08. The first-order chi connectivity index (χ1) is 14.9. The maximum Gasteiger partial charge on any atom is 0.411 e. The van der Waals surface area contributed by atoms with Crippen molar-refractivity contribution < 1.29 is 22.6 Å². The molecular formula is C21H28F3N5O2. The lowest BCUT2D eigenvalue weighted by Gasteiger charge is -2.41. The second kappa shape index (κ2) is 8.94. The summed E-state index contributed by atoms with van der Waals surface area (Å²) in [4.78, 5) is 6.29. The van der Waals surface area contributed by atoms with E-state index in [9.17, 15) is 13.2 Å². The zero-order valence-electron chi connectivity index (χ0n) is 17.7. The highest BCUT2D eigenvalue weighted by atomic mass is 19.4. The van der Waals surface area contributed by atoms with E-state index >= 15 is 0 Å². The molecule has 1 aromatic heterocycles. The highest BCUT2D eigenvalue weighted by Gasteiger charge is 2.48. The first-order valence-electron chi connectivity index (χ1n) is 10.6. The number of anilines is 1. The molecule has 3 heterocycles. The van der Waals surface area contributed by atoms with Crippen LogP contribution in [-0.2, 0) is 6.54 Å². The van der Waals surface area contributed by atoms with E-state index in [0.29, 0.717) is 24.7 Å². The van der Waals surface area contributed by atoms with Gasteiger partial charge in [0.1, 0.15) is 6.33 Å². The van der Waals surface area contributed by atoms with Crippen LogP contribution >= 0.6 is 0 Å². The van der Waals surface area contributed by atoms with E-state index in [2.05, 4.69) is 20.3 Å². The number of hydrogen-bond donors (Lipinski definition) is 1. The van der Waals surface area contributed by atoms with Crippen LogP contribution in [0.25, 0.3) is 0 Å². The van der Waals surface area contributed by atoms with E-state index in [0.717, 1.165) is 36.2 Å². The van der Waals surface area contributed by atoms with Crippen molar-refractivity contribution in [3.8, 4) is 11.5 Å². The van der Waals surface area contributed by atoms with Crippen molar-refractivity contribution in [1.82, 2.24) is 19.7 Å². The molecule has 1 fully saturated rings. The van der Waals surface area contributed by atoms with Crippen LogP contribution in [0, 0.1) is 5.92 Å². The number of methoxy groups -OCH3 is 1. The normalized spacial score (nSPS) is 24.4. The van der Waals surface area contributed by atoms with Crippen molar-refractivity contribution in [3.63, 3.8) is 0 Å². The molecule has 2 aliphatic heterocycles. The van der Waals surface area contributed by atoms with E-state index in [1.54, 1.807) is 7.11 Å². The van der Waals surface area contributed by atoms with Crippen LogP contribution in [0.15, 0.2) is 24.5 Å². The number of nitrogens with zero attached hydrogens (tertiary/aromatic N) is 4. The molecule has 0 saturated carbocycles. The van der Waals surface area contributed by atoms with E-state index < -0.39 is 12.2 Å². The molecule has 4 rings (SSSR count). The minimum Gasteiger partial charge on any atom is -0.493 e. The molecule has 2 aromatic rings. The Kier molecular flexibility index (Phi) is 6.27. The Morgan fingerprint density at radius 1 is 1.26 bits per heavy atom. The van der Waals surface area contributed by atoms with Crippen LogP contribution in [-0.4, -0.2) is 58.7 Å². The summed E-state index contributed by atoms with van der Waals surface area (Å²) in [6, 6.07) is 3.96. The highest BCUT2D eigenvalue weighted by Crippen LogP contribution is 2.41. The largest absolute Gasteiger partial charge is 0.493 e. The standard InChI is InChI=1S/C21H28F3N5O2/c1-3-31-17-7-6-14(9-18(17)30-2)11-28-8-4-5-15(12-28)16-10-19(21(22,23)24)29-20(27-16)25-13-26-29/h6-7,9,13,15-16,19H,3-5,8,10-12H2,1-2H3,(H,25,26,27)/t15-,16-,19+/m0/s1. The average molecular weight is 439 g/mol. The van der Waals surface area contributed by atoms with Gasteiger partial charge in [-0.25, -0.2) is 4.68 Å². The van der Waals surface area contributed by atoms with Crippen molar-refractivity contribution in [1.29, 1.82) is 0 Å². The molecule has 1 saturated heterocycles. The molecule has 1 aromatic carbocycles. The van der Waals surface area contributed by atoms with Gasteiger partial charge in [-0.2, -0.15) is 23.3 Å². The number of fused-ring (bicyclic) bond motifs is 1. The number of likely N-dealkylation sites (tertiary alicyclic amines) is 1. The van der Waals surface area contributed by atoms with E-state index in [4.69, 9.17) is 9.47 Å². The Labute approximate surface area is 179 Å². The maximum absolute atomic E-state index is 13.6. The summed E-state index contributed by atoms with van der Waals surface area (Å²) in [6.45, 7) is 4.84. The molecule has 2 aliphatic rings. The number of alkyl halides is 3. The Bertz CT molecular complexity index is 888. The summed E-state index contributed by atoms with van der Waals surface area (Å²) in [7, 11) is 1.61. The van der Waals surface area contributed by atoms with Gasteiger partial charge in [-0.1, -0.05) is 6.07 Å². The molecule has 0 amide bonds. The monoisotopic (exact) mass is 439 g/mol. The van der Waals surface area contributed by atoms with Crippen LogP contribution in [0.3, 0.4) is 0 Å². The summed E-state index contributed by atoms with van der Waals surface area (Å²) in [5, 5.41) is 6.98. The smallest absolute Gasteiger partial charge is 0.411 e. The number of ether oxygens (including phenoxy) is 2. The van der Waals surface area contributed by atoms with Gasteiger partial charge in [-0.15, -0.1) is 0 Å². The van der Waals surface area contributed by atoms with Crippen LogP contribution in [0.4, 0.5) is 19.1 Å². The Hall–Kier alpha value is -2.49. The second-order valence-electron chi connectivity index (χ2n) is 8.13. The van der Waals surface area contributed by atoms with Crippen LogP contribution in [0.1, 0.15) is 37.8 Å². The SMILES string of the molecule is CCOc1ccc(CN2CCC[C@H]([C@@H]3C[C@H](C(F)(F)F)n4ncnc4N3)C2)cc1OC. The zero-order chi connectivity index (χ0) is 22.0. The number of hydrogen-bond acceptors (Lipinski definition) is 6. The zero-order valence-corrected chi connectivity index (χ0v) is 17.7. The minimum absolute atomic E-state index is 0.0325. The van der Waals surface area contributed by atoms with Gasteiger partial charge in [0.2, 0.25) is 5.95 Å². The van der Waals surface area contributed by atoms with Crippen molar-refractivity contribution in [2.45, 2.75) is 51.0 Å². The van der Waals surface area contributed by atoms with Gasteiger partial charge in [0.25, 0.3) is 0 Å². The van der Waals surface area contributed by atoms with Gasteiger partial charge in [-0.05, 0) is 56.3 Å². The Morgan fingerprint density at radius 2 is 2.10 bits per heavy atom. The first-order valence-corrected chi connectivity index (χ1v) is 10.6. The van der Waals surface area contributed by atoms with E-state index in [1.165, 1.54) is 6.33 Å². The van der Waals surface area contributed by atoms with Crippen LogP contribution in [0.5, 0.6) is 11.5 Å². The lowest BCUT2D eigenvalue weighted by atomic mass is 9.86. The molecule has 0 aliphatic carbocycles. The third-order valence-electron chi connectivity index (χ3n) is 6.08. The van der Waals surface area contributed by atoms with Gasteiger partial charge in [0.15, 0.2) is 17.5 Å². The Balaban J connectivity index is 1.44. The van der Waals surface area contributed by atoms with Gasteiger partial charge in [-0.3, -0.25) is 4.90 Å². The predicted octanol–water partition coefficient (Wildman–Crippen LogP) is 3.89. The van der Waals surface area contributed by atoms with Gasteiger partial charge in [0, 0.05) is 19.1 Å². The van der Waals surface area contributed by atoms with E-state index in [1.807, 2.05) is 25.1 Å². The second-order valence-corrected chi connectivity index (χ2v) is 8.13. The van der Waals surface area contributed by atoms with Gasteiger partial charge < -0.3 is 14.8 Å². The van der Waals surface area contributed by atoms with Crippen molar-refractivity contribution in [2.24, 2.45) is 5.92 Å². The van der Waals surface area contributed by atoms with Crippen LogP contribution in [0.2, 0.25) is 0 Å². The summed E-state index contributed by atoms with van der Waals surface area (Å²) in [5.74, 6) is 1.70. The highest BCUT2D eigenvalue weighted by molar-refractivity contribution is 5.43. The minimum atomic E-state index is -4.35. The molecule has 170 valence electrons. The molecule has 0 spiro atoms. The number of benzene rings is 1. The molecule has 1 N–H and O–H groups in total. The summed E-state index contributed by atoms with van der Waals surface area (Å²) < 4.78 is 52.8. The fraction of sp³-hybridized carbons (Fsp3) is 0.619. The third kappa shape index (κ3) is 4.73. The molecule has 3 atom stereocenters. The molecule has 0 unspecified atom stereocenters. The van der Waals surface area contributed by atoms with Crippen molar-refractivity contribution in [2.75, 3.05) is 32.1 Å². The van der Waals surface area contributed by atoms with Crippen LogP contribution < -0.4 is 14.8 Å². The molecule has 0 radical (unpaired) electrons. The summed E-state index contributed by atoms with van der Waals surface area (Å²) in [6.07, 6.45) is -1.37. The number of nitrogens with one attached hydrogen (secondary N) is 1. The topological polar surface area (TPSA) is 64.4 Å². The Morgan fingerprint density at radius 3 is 2.84 bits per heavy atom. The number of piperidine rings is 1. The molecule has 7 nitrogen and oxygen atoms in total. The quantitative estimate of drug-likeness (QED) is 0.737. The number of rotatable bonds is 6.